The Morgan fingerprint density at radius 1 is 0.800 bits per heavy atom. The molecule has 0 spiro atoms. The molecule has 0 unspecified atom stereocenters. The molecule has 6 nitrogen and oxygen atoms in total. The van der Waals surface area contributed by atoms with Crippen LogP contribution in [0.2, 0.25) is 0 Å². The van der Waals surface area contributed by atoms with Crippen LogP contribution in [0.25, 0.3) is 0 Å². The fourth-order valence-electron chi connectivity index (χ4n) is 0.889. The van der Waals surface area contributed by atoms with Crippen LogP contribution < -0.4 is 0 Å². The molecule has 0 fully saturated rings. The van der Waals surface area contributed by atoms with Gasteiger partial charge in [0.1, 0.15) is 0 Å². The Bertz CT molecular complexity index is 319. The third-order valence-corrected chi connectivity index (χ3v) is 4.15. The molecule has 0 rings (SSSR count). The zero-order valence-electron chi connectivity index (χ0n) is 8.80. The topological polar surface area (TPSA) is 86.7 Å². The van der Waals surface area contributed by atoms with Crippen molar-refractivity contribution in [3.8, 4) is 0 Å². The first-order chi connectivity index (χ1) is 6.83. The standard InChI is InChI=1S/C7H16O6S2/c1-3-12-14(8,9)6-5-7-15(10,11)13-4-2/h3-7H2,1-2H3. The summed E-state index contributed by atoms with van der Waals surface area (Å²) in [5.41, 5.74) is 0. The van der Waals surface area contributed by atoms with Gasteiger partial charge in [0.05, 0.1) is 24.7 Å². The summed E-state index contributed by atoms with van der Waals surface area (Å²) < 4.78 is 52.9. The third-order valence-electron chi connectivity index (χ3n) is 1.38. The lowest BCUT2D eigenvalue weighted by Crippen LogP contribution is -2.16. The quantitative estimate of drug-likeness (QED) is 0.576. The van der Waals surface area contributed by atoms with Crippen LogP contribution in [0.5, 0.6) is 0 Å². The molecule has 0 heterocycles. The Labute approximate surface area is 90.8 Å². The molecule has 0 aromatic heterocycles. The van der Waals surface area contributed by atoms with Crippen LogP contribution in [0.1, 0.15) is 20.3 Å². The van der Waals surface area contributed by atoms with Crippen molar-refractivity contribution < 1.29 is 25.2 Å². The molecule has 0 aromatic rings. The lowest BCUT2D eigenvalue weighted by Gasteiger charge is -2.04. The smallest absolute Gasteiger partial charge is 0.267 e. The summed E-state index contributed by atoms with van der Waals surface area (Å²) in [6.07, 6.45) is -0.0231. The molecule has 0 saturated heterocycles. The Kier molecular flexibility index (Phi) is 6.34. The summed E-state index contributed by atoms with van der Waals surface area (Å²) in [5.74, 6) is -0.625. The zero-order chi connectivity index (χ0) is 11.9. The Hall–Kier alpha value is -0.180. The van der Waals surface area contributed by atoms with Crippen LogP contribution in [0, 0.1) is 0 Å². The van der Waals surface area contributed by atoms with E-state index in [1.807, 2.05) is 0 Å². The van der Waals surface area contributed by atoms with Crippen molar-refractivity contribution in [3.63, 3.8) is 0 Å². The summed E-state index contributed by atoms with van der Waals surface area (Å²) in [6, 6.07) is 0. The van der Waals surface area contributed by atoms with Gasteiger partial charge in [0.25, 0.3) is 20.2 Å². The van der Waals surface area contributed by atoms with Crippen LogP contribution in [-0.4, -0.2) is 41.6 Å². The van der Waals surface area contributed by atoms with Crippen LogP contribution in [-0.2, 0) is 28.6 Å². The average Bonchev–Trinajstić information content (AvgIpc) is 2.02. The molecule has 0 aliphatic rings. The first-order valence-electron chi connectivity index (χ1n) is 4.57. The highest BCUT2D eigenvalue weighted by atomic mass is 32.2. The molecule has 0 aliphatic heterocycles. The minimum Gasteiger partial charge on any atom is -0.270 e. The monoisotopic (exact) mass is 260 g/mol. The van der Waals surface area contributed by atoms with E-state index >= 15 is 0 Å². The summed E-state index contributed by atoms with van der Waals surface area (Å²) >= 11 is 0. The van der Waals surface area contributed by atoms with E-state index in [9.17, 15) is 16.8 Å². The molecule has 0 bridgehead atoms. The molecule has 92 valence electrons. The van der Waals surface area contributed by atoms with E-state index < -0.39 is 20.2 Å². The van der Waals surface area contributed by atoms with Gasteiger partial charge in [-0.3, -0.25) is 8.37 Å². The van der Waals surface area contributed by atoms with Crippen molar-refractivity contribution in [2.24, 2.45) is 0 Å². The highest BCUT2D eigenvalue weighted by molar-refractivity contribution is 7.87. The van der Waals surface area contributed by atoms with E-state index in [1.165, 1.54) is 0 Å². The molecule has 8 heteroatoms. The van der Waals surface area contributed by atoms with Gasteiger partial charge in [0.15, 0.2) is 0 Å². The maximum Gasteiger partial charge on any atom is 0.267 e. The van der Waals surface area contributed by atoms with E-state index in [4.69, 9.17) is 0 Å². The Morgan fingerprint density at radius 2 is 1.13 bits per heavy atom. The number of hydrogen-bond acceptors (Lipinski definition) is 6. The van der Waals surface area contributed by atoms with Crippen LogP contribution in [0.15, 0.2) is 0 Å². The van der Waals surface area contributed by atoms with Crippen LogP contribution >= 0.6 is 0 Å². The van der Waals surface area contributed by atoms with E-state index in [-0.39, 0.29) is 31.1 Å². The van der Waals surface area contributed by atoms with Crippen molar-refractivity contribution in [3.05, 3.63) is 0 Å². The fourth-order valence-corrected chi connectivity index (χ4v) is 3.02. The summed E-state index contributed by atoms with van der Waals surface area (Å²) in [5, 5.41) is 0. The van der Waals surface area contributed by atoms with Gasteiger partial charge < -0.3 is 0 Å². The maximum absolute atomic E-state index is 11.0. The summed E-state index contributed by atoms with van der Waals surface area (Å²) in [4.78, 5) is 0. The van der Waals surface area contributed by atoms with Gasteiger partial charge in [0.2, 0.25) is 0 Å². The molecule has 0 atom stereocenters. The lowest BCUT2D eigenvalue weighted by molar-refractivity contribution is 0.335. The number of hydrogen-bond donors (Lipinski definition) is 0. The molecular formula is C7H16O6S2. The SMILES string of the molecule is CCOS(=O)(=O)CCCS(=O)(=O)OCC. The average molecular weight is 260 g/mol. The zero-order valence-corrected chi connectivity index (χ0v) is 10.4. The van der Waals surface area contributed by atoms with Crippen molar-refractivity contribution in [2.45, 2.75) is 20.3 Å². The third kappa shape index (κ3) is 7.71. The predicted molar refractivity (Wildman–Crippen MR) is 55.4 cm³/mol. The predicted octanol–water partition coefficient (Wildman–Crippen LogP) is 0.109. The largest absolute Gasteiger partial charge is 0.270 e. The highest BCUT2D eigenvalue weighted by Crippen LogP contribution is 2.01. The van der Waals surface area contributed by atoms with Crippen LogP contribution in [0.4, 0.5) is 0 Å². The van der Waals surface area contributed by atoms with Gasteiger partial charge in [-0.2, -0.15) is 16.8 Å². The van der Waals surface area contributed by atoms with Gasteiger partial charge in [-0.15, -0.1) is 0 Å². The molecule has 0 aliphatic carbocycles. The van der Waals surface area contributed by atoms with Gasteiger partial charge in [-0.1, -0.05) is 0 Å². The Morgan fingerprint density at radius 3 is 1.40 bits per heavy atom. The number of rotatable bonds is 8. The molecule has 0 N–H and O–H groups in total. The van der Waals surface area contributed by atoms with E-state index in [0.29, 0.717) is 0 Å². The summed E-state index contributed by atoms with van der Waals surface area (Å²) in [7, 11) is -7.18. The van der Waals surface area contributed by atoms with E-state index in [1.54, 1.807) is 13.8 Å². The molecule has 0 saturated carbocycles. The molecule has 0 aromatic carbocycles. The molecular weight excluding hydrogens is 244 g/mol. The first-order valence-corrected chi connectivity index (χ1v) is 7.72. The molecule has 0 radical (unpaired) electrons. The van der Waals surface area contributed by atoms with E-state index in [0.717, 1.165) is 0 Å². The van der Waals surface area contributed by atoms with Gasteiger partial charge in [-0.25, -0.2) is 0 Å². The molecule has 0 amide bonds. The lowest BCUT2D eigenvalue weighted by atomic mass is 10.6. The second-order valence-corrected chi connectivity index (χ2v) is 6.21. The van der Waals surface area contributed by atoms with E-state index in [2.05, 4.69) is 8.37 Å². The van der Waals surface area contributed by atoms with Crippen molar-refractivity contribution in [1.29, 1.82) is 0 Å². The first kappa shape index (κ1) is 14.8. The van der Waals surface area contributed by atoms with Crippen LogP contribution in [0.3, 0.4) is 0 Å². The highest BCUT2D eigenvalue weighted by Gasteiger charge is 2.15. The van der Waals surface area contributed by atoms with Crippen molar-refractivity contribution >= 4 is 20.2 Å². The molecule has 15 heavy (non-hydrogen) atoms. The van der Waals surface area contributed by atoms with Gasteiger partial charge in [-0.05, 0) is 20.3 Å². The summed E-state index contributed by atoms with van der Waals surface area (Å²) in [6.45, 7) is 3.21. The normalized spacial score (nSPS) is 12.9. The van der Waals surface area contributed by atoms with Gasteiger partial charge >= 0.3 is 0 Å². The fraction of sp³-hybridized carbons (Fsp3) is 1.00. The van der Waals surface area contributed by atoms with Crippen molar-refractivity contribution in [1.82, 2.24) is 0 Å². The second-order valence-electron chi connectivity index (χ2n) is 2.69. The minimum atomic E-state index is -3.59. The van der Waals surface area contributed by atoms with Gasteiger partial charge in [0, 0.05) is 0 Å². The minimum absolute atomic E-state index is 0.0231. The Balaban J connectivity index is 4.00. The maximum atomic E-state index is 11.0. The second kappa shape index (κ2) is 6.41. The van der Waals surface area contributed by atoms with Crippen molar-refractivity contribution in [2.75, 3.05) is 24.7 Å².